The first-order valence-electron chi connectivity index (χ1n) is 9.32. The molecule has 4 heterocycles. The third-order valence-corrected chi connectivity index (χ3v) is 5.40. The van der Waals surface area contributed by atoms with Crippen molar-refractivity contribution in [2.45, 2.75) is 0 Å². The molecular formula is C22F6N8. The Morgan fingerprint density at radius 2 is 0.750 bits per heavy atom. The van der Waals surface area contributed by atoms with Crippen LogP contribution < -0.4 is 10.4 Å². The van der Waals surface area contributed by atoms with Gasteiger partial charge < -0.3 is 0 Å². The second-order valence-electron chi connectivity index (χ2n) is 7.08. The monoisotopic (exact) mass is 490 g/mol. The van der Waals surface area contributed by atoms with Gasteiger partial charge in [0.2, 0.25) is 23.8 Å². The van der Waals surface area contributed by atoms with Crippen molar-refractivity contribution in [2.24, 2.45) is 0 Å². The summed E-state index contributed by atoms with van der Waals surface area (Å²) in [6, 6.07) is 5.39. The lowest BCUT2D eigenvalue weighted by atomic mass is 9.96. The average molecular weight is 490 g/mol. The summed E-state index contributed by atoms with van der Waals surface area (Å²) in [5, 5.41) is 31.6. The van der Waals surface area contributed by atoms with Gasteiger partial charge in [0, 0.05) is 10.8 Å². The van der Waals surface area contributed by atoms with Gasteiger partial charge in [-0.25, -0.2) is 28.7 Å². The van der Waals surface area contributed by atoms with Crippen LogP contribution in [0.2, 0.25) is 0 Å². The molecule has 170 valence electrons. The molecule has 0 bridgehead atoms. The van der Waals surface area contributed by atoms with Gasteiger partial charge in [0.1, 0.15) is 35.4 Å². The second kappa shape index (κ2) is 7.45. The standard InChI is InChI=1S/C22F6N8/c23-13-9-11-15(35-21(13)27)7(5(1-29)2-30)19(25)33-17(11)10-12-16(36-22(28)14(10)24)8(6(3-31)4-32)20(26)34-18(9)12. The third-order valence-electron chi connectivity index (χ3n) is 5.40. The van der Waals surface area contributed by atoms with Gasteiger partial charge in [-0.1, -0.05) is 0 Å². The van der Waals surface area contributed by atoms with E-state index in [1.807, 2.05) is 0 Å². The molecule has 0 amide bonds. The highest BCUT2D eigenvalue weighted by Crippen LogP contribution is 2.39. The lowest BCUT2D eigenvalue weighted by molar-refractivity contribution is 0.488. The summed E-state index contributed by atoms with van der Waals surface area (Å²) in [6.07, 6.45) is 0. The number of fused-ring (bicyclic) bond motifs is 2. The zero-order chi connectivity index (χ0) is 26.0. The minimum atomic E-state index is -1.88. The molecule has 5 aromatic rings. The fraction of sp³-hybridized carbons (Fsp3) is 0. The van der Waals surface area contributed by atoms with Gasteiger partial charge in [-0.05, 0) is 0 Å². The molecule has 5 rings (SSSR count). The van der Waals surface area contributed by atoms with Crippen molar-refractivity contribution >= 4 is 54.8 Å². The molecule has 4 aromatic heterocycles. The van der Waals surface area contributed by atoms with Crippen molar-refractivity contribution in [3.05, 3.63) is 45.9 Å². The lowest BCUT2D eigenvalue weighted by Crippen LogP contribution is -2.20. The lowest BCUT2D eigenvalue weighted by Gasteiger charge is -2.15. The van der Waals surface area contributed by atoms with Crippen molar-refractivity contribution in [1.29, 1.82) is 21.0 Å². The molecule has 0 aliphatic heterocycles. The normalized spacial score (nSPS) is 10.9. The SMILES string of the molecule is N#CC(C#N)=c1c(F)nc2c3c(F)c(F)nc4c(=C(C#N)C#N)c(F)nc(c5c(F)c(F)nc1c25)c43. The van der Waals surface area contributed by atoms with Crippen LogP contribution in [0.5, 0.6) is 0 Å². The second-order valence-corrected chi connectivity index (χ2v) is 7.08. The molecule has 36 heavy (non-hydrogen) atoms. The van der Waals surface area contributed by atoms with Crippen LogP contribution in [0.15, 0.2) is 0 Å². The minimum Gasteiger partial charge on any atom is -0.218 e. The number of rotatable bonds is 0. The maximum atomic E-state index is 15.1. The topological polar surface area (TPSA) is 147 Å². The number of nitriles is 4. The number of hydrogen-bond acceptors (Lipinski definition) is 8. The highest BCUT2D eigenvalue weighted by atomic mass is 19.2. The molecule has 8 nitrogen and oxygen atoms in total. The summed E-state index contributed by atoms with van der Waals surface area (Å²) < 4.78 is 89.5. The van der Waals surface area contributed by atoms with Crippen LogP contribution >= 0.6 is 0 Å². The first-order chi connectivity index (χ1) is 17.2. The van der Waals surface area contributed by atoms with Crippen LogP contribution in [0.3, 0.4) is 0 Å². The Morgan fingerprint density at radius 3 is 1.06 bits per heavy atom. The van der Waals surface area contributed by atoms with E-state index in [1.54, 1.807) is 0 Å². The number of halogens is 6. The first kappa shape index (κ1) is 22.2. The summed E-state index contributed by atoms with van der Waals surface area (Å²) in [6.45, 7) is 0. The predicted octanol–water partition coefficient (Wildman–Crippen LogP) is 2.55. The molecule has 0 saturated heterocycles. The Bertz CT molecular complexity index is 1980. The van der Waals surface area contributed by atoms with E-state index in [4.69, 9.17) is 0 Å². The minimum absolute atomic E-state index is 0.698. The van der Waals surface area contributed by atoms with E-state index in [1.165, 1.54) is 24.3 Å². The van der Waals surface area contributed by atoms with Crippen LogP contribution in [-0.2, 0) is 0 Å². The molecule has 0 aliphatic carbocycles. The number of nitrogens with zero attached hydrogens (tertiary/aromatic N) is 8. The van der Waals surface area contributed by atoms with Gasteiger partial charge in [0.15, 0.2) is 11.6 Å². The van der Waals surface area contributed by atoms with Gasteiger partial charge in [0.05, 0.1) is 43.3 Å². The highest BCUT2D eigenvalue weighted by molar-refractivity contribution is 6.30. The quantitative estimate of drug-likeness (QED) is 0.139. The van der Waals surface area contributed by atoms with Crippen molar-refractivity contribution in [1.82, 2.24) is 19.9 Å². The third kappa shape index (κ3) is 2.61. The van der Waals surface area contributed by atoms with Gasteiger partial charge in [-0.15, -0.1) is 0 Å². The predicted molar refractivity (Wildman–Crippen MR) is 107 cm³/mol. The molecule has 0 N–H and O–H groups in total. The molecule has 0 fully saturated rings. The molecule has 1 aromatic carbocycles. The smallest absolute Gasteiger partial charge is 0.218 e. The highest BCUT2D eigenvalue weighted by Gasteiger charge is 2.29. The van der Waals surface area contributed by atoms with Gasteiger partial charge in [-0.2, -0.15) is 38.6 Å². The molecule has 0 saturated carbocycles. The van der Waals surface area contributed by atoms with E-state index in [0.29, 0.717) is 0 Å². The first-order valence-corrected chi connectivity index (χ1v) is 9.32. The molecule has 0 unspecified atom stereocenters. The summed E-state index contributed by atoms with van der Waals surface area (Å²) in [4.78, 5) is 13.4. The van der Waals surface area contributed by atoms with Crippen LogP contribution in [0, 0.1) is 80.7 Å². The van der Waals surface area contributed by atoms with Gasteiger partial charge in [0.25, 0.3) is 0 Å². The molecule has 0 aliphatic rings. The molecule has 14 heteroatoms. The van der Waals surface area contributed by atoms with E-state index < -0.39 is 101 Å². The molecule has 0 radical (unpaired) electrons. The Labute approximate surface area is 192 Å². The summed E-state index contributed by atoms with van der Waals surface area (Å²) >= 11 is 0. The number of benzene rings is 1. The Kier molecular flexibility index (Phi) is 4.60. The number of hydrogen-bond donors (Lipinski definition) is 0. The number of aromatic nitrogens is 4. The fourth-order valence-corrected chi connectivity index (χ4v) is 4.03. The van der Waals surface area contributed by atoms with Crippen LogP contribution in [0.1, 0.15) is 0 Å². The fourth-order valence-electron chi connectivity index (χ4n) is 4.03. The van der Waals surface area contributed by atoms with Gasteiger partial charge >= 0.3 is 0 Å². The maximum absolute atomic E-state index is 15.1. The van der Waals surface area contributed by atoms with Crippen molar-refractivity contribution in [3.63, 3.8) is 0 Å². The zero-order valence-electron chi connectivity index (χ0n) is 16.8. The van der Waals surface area contributed by atoms with E-state index in [2.05, 4.69) is 19.9 Å². The van der Waals surface area contributed by atoms with Crippen LogP contribution in [0.4, 0.5) is 26.3 Å². The Hall–Kier alpha value is -5.60. The van der Waals surface area contributed by atoms with Crippen molar-refractivity contribution < 1.29 is 26.3 Å². The average Bonchev–Trinajstić information content (AvgIpc) is 2.85. The Morgan fingerprint density at radius 1 is 0.444 bits per heavy atom. The summed E-state index contributed by atoms with van der Waals surface area (Å²) in [7, 11) is 0. The maximum Gasteiger partial charge on any atom is 0.250 e. The molecule has 0 spiro atoms. The van der Waals surface area contributed by atoms with Gasteiger partial charge in [-0.3, -0.25) is 0 Å². The van der Waals surface area contributed by atoms with Crippen LogP contribution in [0.25, 0.3) is 54.8 Å². The molecule has 0 atom stereocenters. The summed E-state index contributed by atoms with van der Waals surface area (Å²) in [5.74, 6) is -10.6. The van der Waals surface area contributed by atoms with Crippen molar-refractivity contribution in [3.8, 4) is 24.3 Å². The number of pyridine rings is 4. The Balaban J connectivity index is 2.37. The van der Waals surface area contributed by atoms with E-state index >= 15 is 17.6 Å². The largest absolute Gasteiger partial charge is 0.250 e. The van der Waals surface area contributed by atoms with E-state index in [0.717, 1.165) is 0 Å². The van der Waals surface area contributed by atoms with E-state index in [-0.39, 0.29) is 0 Å². The zero-order valence-corrected chi connectivity index (χ0v) is 16.8. The molecular weight excluding hydrogens is 490 g/mol. The summed E-state index contributed by atoms with van der Waals surface area (Å²) in [5.41, 5.74) is -5.35. The van der Waals surface area contributed by atoms with E-state index in [9.17, 15) is 29.8 Å². The van der Waals surface area contributed by atoms with Crippen LogP contribution in [-0.4, -0.2) is 19.9 Å². The van der Waals surface area contributed by atoms with Crippen molar-refractivity contribution in [2.75, 3.05) is 0 Å².